The van der Waals surface area contributed by atoms with Crippen LogP contribution in [0.1, 0.15) is 5.56 Å². The van der Waals surface area contributed by atoms with Crippen molar-refractivity contribution >= 4 is 21.6 Å². The normalized spacial score (nSPS) is 9.88. The SMILES string of the molecule is N#Cc1ccc(Br)cc1NCCn1cccn1. The number of nitriles is 1. The van der Waals surface area contributed by atoms with Gasteiger partial charge >= 0.3 is 0 Å². The van der Waals surface area contributed by atoms with E-state index in [2.05, 4.69) is 32.4 Å². The summed E-state index contributed by atoms with van der Waals surface area (Å²) in [6.45, 7) is 1.50. The third kappa shape index (κ3) is 3.08. The molecule has 0 spiro atoms. The number of rotatable bonds is 4. The van der Waals surface area contributed by atoms with Gasteiger partial charge in [0.1, 0.15) is 6.07 Å². The third-order valence-electron chi connectivity index (χ3n) is 2.32. The summed E-state index contributed by atoms with van der Waals surface area (Å²) < 4.78 is 2.80. The summed E-state index contributed by atoms with van der Waals surface area (Å²) in [4.78, 5) is 0. The number of benzene rings is 1. The van der Waals surface area contributed by atoms with E-state index >= 15 is 0 Å². The molecule has 0 saturated heterocycles. The summed E-state index contributed by atoms with van der Waals surface area (Å²) in [6, 6.07) is 9.60. The van der Waals surface area contributed by atoms with Crippen LogP contribution in [-0.4, -0.2) is 16.3 Å². The Kier molecular flexibility index (Phi) is 3.78. The highest BCUT2D eigenvalue weighted by Gasteiger charge is 2.01. The monoisotopic (exact) mass is 290 g/mol. The molecule has 0 atom stereocenters. The Morgan fingerprint density at radius 1 is 1.47 bits per heavy atom. The van der Waals surface area contributed by atoms with Crippen LogP contribution in [0.3, 0.4) is 0 Å². The zero-order valence-electron chi connectivity index (χ0n) is 9.10. The zero-order valence-corrected chi connectivity index (χ0v) is 10.7. The van der Waals surface area contributed by atoms with Gasteiger partial charge in [-0.2, -0.15) is 10.4 Å². The summed E-state index contributed by atoms with van der Waals surface area (Å²) >= 11 is 3.39. The van der Waals surface area contributed by atoms with Crippen LogP contribution in [0.15, 0.2) is 41.1 Å². The predicted octanol–water partition coefficient (Wildman–Crippen LogP) is 2.63. The fraction of sp³-hybridized carbons (Fsp3) is 0.167. The van der Waals surface area contributed by atoms with Gasteiger partial charge in [-0.25, -0.2) is 0 Å². The Labute approximate surface area is 108 Å². The van der Waals surface area contributed by atoms with E-state index in [1.165, 1.54) is 0 Å². The van der Waals surface area contributed by atoms with Crippen molar-refractivity contribution in [2.75, 3.05) is 11.9 Å². The van der Waals surface area contributed by atoms with Gasteiger partial charge in [0, 0.05) is 23.4 Å². The molecular weight excluding hydrogens is 280 g/mol. The maximum Gasteiger partial charge on any atom is 0.101 e. The maximum atomic E-state index is 8.97. The highest BCUT2D eigenvalue weighted by molar-refractivity contribution is 9.10. The highest BCUT2D eigenvalue weighted by Crippen LogP contribution is 2.20. The van der Waals surface area contributed by atoms with E-state index < -0.39 is 0 Å². The van der Waals surface area contributed by atoms with Crippen molar-refractivity contribution in [1.82, 2.24) is 9.78 Å². The van der Waals surface area contributed by atoms with E-state index in [-0.39, 0.29) is 0 Å². The van der Waals surface area contributed by atoms with Crippen LogP contribution < -0.4 is 5.32 Å². The smallest absolute Gasteiger partial charge is 0.101 e. The molecule has 4 nitrogen and oxygen atoms in total. The first-order chi connectivity index (χ1) is 8.29. The van der Waals surface area contributed by atoms with Gasteiger partial charge in [-0.1, -0.05) is 15.9 Å². The van der Waals surface area contributed by atoms with Gasteiger partial charge in [0.25, 0.3) is 0 Å². The Morgan fingerprint density at radius 3 is 3.06 bits per heavy atom. The van der Waals surface area contributed by atoms with E-state index in [9.17, 15) is 0 Å². The first-order valence-electron chi connectivity index (χ1n) is 5.20. The minimum atomic E-state index is 0.647. The fourth-order valence-electron chi connectivity index (χ4n) is 1.50. The highest BCUT2D eigenvalue weighted by atomic mass is 79.9. The minimum Gasteiger partial charge on any atom is -0.382 e. The first-order valence-corrected chi connectivity index (χ1v) is 6.00. The van der Waals surface area contributed by atoms with E-state index in [1.807, 2.05) is 29.1 Å². The fourth-order valence-corrected chi connectivity index (χ4v) is 1.86. The van der Waals surface area contributed by atoms with E-state index in [1.54, 1.807) is 12.3 Å². The van der Waals surface area contributed by atoms with E-state index in [0.717, 1.165) is 23.2 Å². The zero-order chi connectivity index (χ0) is 12.1. The van der Waals surface area contributed by atoms with Crippen molar-refractivity contribution < 1.29 is 0 Å². The molecule has 0 saturated carbocycles. The molecule has 1 aromatic heterocycles. The van der Waals surface area contributed by atoms with Gasteiger partial charge in [-0.05, 0) is 24.3 Å². The van der Waals surface area contributed by atoms with Crippen molar-refractivity contribution in [2.45, 2.75) is 6.54 Å². The van der Waals surface area contributed by atoms with Crippen LogP contribution in [0, 0.1) is 11.3 Å². The minimum absolute atomic E-state index is 0.647. The van der Waals surface area contributed by atoms with Gasteiger partial charge in [-0.3, -0.25) is 4.68 Å². The van der Waals surface area contributed by atoms with Gasteiger partial charge < -0.3 is 5.32 Å². The van der Waals surface area contributed by atoms with Gasteiger partial charge in [0.2, 0.25) is 0 Å². The summed E-state index contributed by atoms with van der Waals surface area (Å²) in [7, 11) is 0. The molecule has 5 heteroatoms. The number of hydrogen-bond acceptors (Lipinski definition) is 3. The van der Waals surface area contributed by atoms with Crippen molar-refractivity contribution in [3.05, 3.63) is 46.7 Å². The molecule has 2 aromatic rings. The van der Waals surface area contributed by atoms with Crippen LogP contribution in [0.5, 0.6) is 0 Å². The number of anilines is 1. The Balaban J connectivity index is 1.99. The standard InChI is InChI=1S/C12H11BrN4/c13-11-3-2-10(9-14)12(8-11)15-5-7-17-6-1-4-16-17/h1-4,6,8,15H,5,7H2. The van der Waals surface area contributed by atoms with Crippen molar-refractivity contribution in [3.8, 4) is 6.07 Å². The molecule has 1 aromatic carbocycles. The second-order valence-electron chi connectivity index (χ2n) is 3.50. The first kappa shape index (κ1) is 11.7. The second kappa shape index (κ2) is 5.51. The van der Waals surface area contributed by atoms with Gasteiger partial charge in [-0.15, -0.1) is 0 Å². The summed E-state index contributed by atoms with van der Waals surface area (Å²) in [5.41, 5.74) is 1.49. The molecule has 0 bridgehead atoms. The molecule has 0 amide bonds. The molecule has 0 fully saturated rings. The van der Waals surface area contributed by atoms with E-state index in [4.69, 9.17) is 5.26 Å². The molecule has 0 aliphatic carbocycles. The topological polar surface area (TPSA) is 53.6 Å². The summed E-state index contributed by atoms with van der Waals surface area (Å²) in [5.74, 6) is 0. The van der Waals surface area contributed by atoms with E-state index in [0.29, 0.717) is 5.56 Å². The van der Waals surface area contributed by atoms with Gasteiger partial charge in [0.15, 0.2) is 0 Å². The Hall–Kier alpha value is -1.80. The molecule has 86 valence electrons. The molecule has 0 unspecified atom stereocenters. The van der Waals surface area contributed by atoms with Crippen LogP contribution in [0.2, 0.25) is 0 Å². The lowest BCUT2D eigenvalue weighted by atomic mass is 10.2. The Morgan fingerprint density at radius 2 is 2.35 bits per heavy atom. The van der Waals surface area contributed by atoms with Crippen LogP contribution in [0.4, 0.5) is 5.69 Å². The summed E-state index contributed by atoms with van der Waals surface area (Å²) in [6.07, 6.45) is 3.66. The number of aromatic nitrogens is 2. The van der Waals surface area contributed by atoms with Crippen LogP contribution in [-0.2, 0) is 6.54 Å². The van der Waals surface area contributed by atoms with Crippen molar-refractivity contribution in [2.24, 2.45) is 0 Å². The average molecular weight is 291 g/mol. The largest absolute Gasteiger partial charge is 0.382 e. The second-order valence-corrected chi connectivity index (χ2v) is 4.41. The number of nitrogens with one attached hydrogen (secondary N) is 1. The summed E-state index contributed by atoms with van der Waals surface area (Å²) in [5, 5.41) is 16.3. The van der Waals surface area contributed by atoms with Gasteiger partial charge in [0.05, 0.1) is 17.8 Å². The lowest BCUT2D eigenvalue weighted by Crippen LogP contribution is -2.11. The number of nitrogens with zero attached hydrogens (tertiary/aromatic N) is 3. The number of halogens is 1. The lowest BCUT2D eigenvalue weighted by Gasteiger charge is -2.08. The average Bonchev–Trinajstić information content (AvgIpc) is 2.82. The quantitative estimate of drug-likeness (QED) is 0.942. The molecule has 1 heterocycles. The molecule has 2 rings (SSSR count). The van der Waals surface area contributed by atoms with Crippen LogP contribution in [0.25, 0.3) is 0 Å². The molecule has 0 radical (unpaired) electrons. The maximum absolute atomic E-state index is 8.97. The molecule has 17 heavy (non-hydrogen) atoms. The molecule has 0 aliphatic rings. The van der Waals surface area contributed by atoms with Crippen molar-refractivity contribution in [1.29, 1.82) is 5.26 Å². The third-order valence-corrected chi connectivity index (χ3v) is 2.81. The van der Waals surface area contributed by atoms with Crippen LogP contribution >= 0.6 is 15.9 Å². The number of hydrogen-bond donors (Lipinski definition) is 1. The molecule has 0 aliphatic heterocycles. The molecule has 1 N–H and O–H groups in total. The van der Waals surface area contributed by atoms with Crippen molar-refractivity contribution in [3.63, 3.8) is 0 Å². The predicted molar refractivity (Wildman–Crippen MR) is 69.6 cm³/mol. The molecular formula is C12H11BrN4. The lowest BCUT2D eigenvalue weighted by molar-refractivity contribution is 0.638. The Bertz CT molecular complexity index is 528.